The van der Waals surface area contributed by atoms with E-state index in [9.17, 15) is 0 Å². The van der Waals surface area contributed by atoms with Gasteiger partial charge in [0.05, 0.1) is 6.61 Å². The van der Waals surface area contributed by atoms with Crippen LogP contribution in [0.1, 0.15) is 49.8 Å². The van der Waals surface area contributed by atoms with Gasteiger partial charge in [-0.2, -0.15) is 0 Å². The number of aryl methyl sites for hydroxylation is 1. The second-order valence-corrected chi connectivity index (χ2v) is 5.52. The molecule has 0 spiro atoms. The quantitative estimate of drug-likeness (QED) is 0.858. The highest BCUT2D eigenvalue weighted by Gasteiger charge is 2.21. The van der Waals surface area contributed by atoms with Gasteiger partial charge in [-0.3, -0.25) is 0 Å². The summed E-state index contributed by atoms with van der Waals surface area (Å²) in [7, 11) is 0. The molecule has 3 nitrogen and oxygen atoms in total. The third-order valence-corrected chi connectivity index (χ3v) is 3.72. The van der Waals surface area contributed by atoms with Crippen molar-refractivity contribution < 1.29 is 9.84 Å². The smallest absolute Gasteiger partial charge is 0.124 e. The van der Waals surface area contributed by atoms with Gasteiger partial charge in [0.2, 0.25) is 0 Å². The molecule has 0 aromatic heterocycles. The Morgan fingerprint density at radius 1 is 1.47 bits per heavy atom. The van der Waals surface area contributed by atoms with Gasteiger partial charge in [0, 0.05) is 24.3 Å². The van der Waals surface area contributed by atoms with E-state index in [4.69, 9.17) is 9.84 Å². The fourth-order valence-corrected chi connectivity index (χ4v) is 2.69. The molecule has 106 valence electrons. The van der Waals surface area contributed by atoms with Crippen molar-refractivity contribution in [1.29, 1.82) is 0 Å². The fourth-order valence-electron chi connectivity index (χ4n) is 2.69. The average molecular weight is 263 g/mol. The maximum Gasteiger partial charge on any atom is 0.124 e. The number of hydrogen-bond donors (Lipinski definition) is 2. The van der Waals surface area contributed by atoms with Gasteiger partial charge in [-0.25, -0.2) is 0 Å². The first-order chi connectivity index (χ1) is 9.20. The summed E-state index contributed by atoms with van der Waals surface area (Å²) in [5.74, 6) is 1.02. The summed E-state index contributed by atoms with van der Waals surface area (Å²) in [4.78, 5) is 0. The van der Waals surface area contributed by atoms with Gasteiger partial charge in [0.25, 0.3) is 0 Å². The number of rotatable bonds is 5. The highest BCUT2D eigenvalue weighted by Crippen LogP contribution is 2.32. The predicted molar refractivity (Wildman–Crippen MR) is 77.6 cm³/mol. The van der Waals surface area contributed by atoms with Crippen molar-refractivity contribution >= 4 is 0 Å². The molecule has 1 aromatic rings. The van der Waals surface area contributed by atoms with Crippen LogP contribution < -0.4 is 10.1 Å². The number of aliphatic hydroxyl groups excluding tert-OH is 1. The van der Waals surface area contributed by atoms with Gasteiger partial charge >= 0.3 is 0 Å². The van der Waals surface area contributed by atoms with Gasteiger partial charge in [-0.1, -0.05) is 17.7 Å². The van der Waals surface area contributed by atoms with Crippen LogP contribution in [-0.2, 0) is 0 Å². The highest BCUT2D eigenvalue weighted by molar-refractivity contribution is 5.39. The minimum absolute atomic E-state index is 0.273. The van der Waals surface area contributed by atoms with Crippen molar-refractivity contribution in [1.82, 2.24) is 5.32 Å². The molecular formula is C16H25NO2. The lowest BCUT2D eigenvalue weighted by Crippen LogP contribution is -2.30. The molecule has 2 N–H and O–H groups in total. The number of hydrogen-bond acceptors (Lipinski definition) is 3. The molecule has 0 amide bonds. The lowest BCUT2D eigenvalue weighted by atomic mass is 9.98. The first-order valence-electron chi connectivity index (χ1n) is 7.31. The lowest BCUT2D eigenvalue weighted by molar-refractivity contribution is 0.272. The van der Waals surface area contributed by atoms with E-state index >= 15 is 0 Å². The van der Waals surface area contributed by atoms with Crippen molar-refractivity contribution in [2.75, 3.05) is 13.2 Å². The summed E-state index contributed by atoms with van der Waals surface area (Å²) in [6.07, 6.45) is 4.06. The van der Waals surface area contributed by atoms with Crippen molar-refractivity contribution in [3.05, 3.63) is 29.3 Å². The molecule has 1 aromatic carbocycles. The average Bonchev–Trinajstić information content (AvgIpc) is 2.59. The van der Waals surface area contributed by atoms with Crippen LogP contribution in [0, 0.1) is 6.92 Å². The van der Waals surface area contributed by atoms with Gasteiger partial charge in [-0.15, -0.1) is 0 Å². The van der Waals surface area contributed by atoms with E-state index in [0.717, 1.165) is 38.0 Å². The van der Waals surface area contributed by atoms with Crippen molar-refractivity contribution in [3.63, 3.8) is 0 Å². The summed E-state index contributed by atoms with van der Waals surface area (Å²) in [5, 5.41) is 12.6. The van der Waals surface area contributed by atoms with E-state index in [-0.39, 0.29) is 6.61 Å². The largest absolute Gasteiger partial charge is 0.493 e. The van der Waals surface area contributed by atoms with E-state index in [1.165, 1.54) is 11.1 Å². The number of ether oxygens (including phenoxy) is 1. The van der Waals surface area contributed by atoms with Crippen LogP contribution in [0.4, 0.5) is 0 Å². The number of benzene rings is 1. The second kappa shape index (κ2) is 6.92. The predicted octanol–water partition coefficient (Wildman–Crippen LogP) is 2.96. The lowest BCUT2D eigenvalue weighted by Gasteiger charge is -2.23. The van der Waals surface area contributed by atoms with Crippen LogP contribution in [0.15, 0.2) is 18.2 Å². The number of fused-ring (bicyclic) bond motifs is 1. The van der Waals surface area contributed by atoms with Crippen LogP contribution in [0.5, 0.6) is 5.75 Å². The van der Waals surface area contributed by atoms with E-state index < -0.39 is 0 Å². The molecule has 3 heteroatoms. The zero-order valence-corrected chi connectivity index (χ0v) is 12.0. The first-order valence-corrected chi connectivity index (χ1v) is 7.31. The third-order valence-electron chi connectivity index (χ3n) is 3.72. The van der Waals surface area contributed by atoms with Crippen molar-refractivity contribution in [2.45, 2.75) is 51.6 Å². The summed E-state index contributed by atoms with van der Waals surface area (Å²) in [6, 6.07) is 7.21. The molecule has 0 fully saturated rings. The Kier molecular flexibility index (Phi) is 5.23. The Bertz CT molecular complexity index is 406. The van der Waals surface area contributed by atoms with Gasteiger partial charge in [-0.05, 0) is 45.6 Å². The van der Waals surface area contributed by atoms with Crippen LogP contribution in [-0.4, -0.2) is 24.4 Å². The normalized spacial score (nSPS) is 20.3. The Labute approximate surface area is 116 Å². The molecule has 2 rings (SSSR count). The minimum atomic E-state index is 0.273. The fraction of sp³-hybridized carbons (Fsp3) is 0.625. The van der Waals surface area contributed by atoms with Crippen molar-refractivity contribution in [2.24, 2.45) is 0 Å². The topological polar surface area (TPSA) is 41.5 Å². The maximum absolute atomic E-state index is 8.91. The van der Waals surface area contributed by atoms with Crippen LogP contribution in [0.25, 0.3) is 0 Å². The van der Waals surface area contributed by atoms with Crippen LogP contribution in [0.3, 0.4) is 0 Å². The molecule has 1 heterocycles. The molecule has 1 aliphatic heterocycles. The third kappa shape index (κ3) is 3.95. The summed E-state index contributed by atoms with van der Waals surface area (Å²) in [6.45, 7) is 5.39. The monoisotopic (exact) mass is 263 g/mol. The van der Waals surface area contributed by atoms with Crippen LogP contribution >= 0.6 is 0 Å². The van der Waals surface area contributed by atoms with Crippen molar-refractivity contribution in [3.8, 4) is 5.75 Å². The molecule has 0 aliphatic carbocycles. The Morgan fingerprint density at radius 3 is 3.11 bits per heavy atom. The molecule has 2 unspecified atom stereocenters. The molecule has 0 saturated heterocycles. The molecule has 1 aliphatic rings. The molecular weight excluding hydrogens is 238 g/mol. The first kappa shape index (κ1) is 14.4. The maximum atomic E-state index is 8.91. The zero-order valence-electron chi connectivity index (χ0n) is 12.0. The van der Waals surface area contributed by atoms with E-state index in [1.807, 2.05) is 0 Å². The molecule has 0 saturated carbocycles. The number of aliphatic hydroxyl groups is 1. The summed E-state index contributed by atoms with van der Waals surface area (Å²) in [5.41, 5.74) is 2.56. The Balaban J connectivity index is 2.10. The molecule has 0 bridgehead atoms. The minimum Gasteiger partial charge on any atom is -0.493 e. The molecule has 2 atom stereocenters. The van der Waals surface area contributed by atoms with Gasteiger partial charge in [0.15, 0.2) is 0 Å². The van der Waals surface area contributed by atoms with Gasteiger partial charge < -0.3 is 15.2 Å². The summed E-state index contributed by atoms with van der Waals surface area (Å²) < 4.78 is 5.82. The zero-order chi connectivity index (χ0) is 13.7. The molecule has 0 radical (unpaired) electrons. The second-order valence-electron chi connectivity index (χ2n) is 5.52. The Morgan fingerprint density at radius 2 is 2.32 bits per heavy atom. The van der Waals surface area contributed by atoms with Gasteiger partial charge in [0.1, 0.15) is 5.75 Å². The SMILES string of the molecule is Cc1ccc2c(c1)C(NC(C)CCCO)CCCO2. The Hall–Kier alpha value is -1.06. The number of nitrogens with one attached hydrogen (secondary N) is 1. The summed E-state index contributed by atoms with van der Waals surface area (Å²) >= 11 is 0. The van der Waals surface area contributed by atoms with Crippen LogP contribution in [0.2, 0.25) is 0 Å². The van der Waals surface area contributed by atoms with E-state index in [0.29, 0.717) is 12.1 Å². The molecule has 19 heavy (non-hydrogen) atoms. The highest BCUT2D eigenvalue weighted by atomic mass is 16.5. The van der Waals surface area contributed by atoms with E-state index in [1.54, 1.807) is 0 Å². The standard InChI is InChI=1S/C16H25NO2/c1-12-7-8-16-14(11-12)15(6-4-10-19-16)17-13(2)5-3-9-18/h7-8,11,13,15,17-18H,3-6,9-10H2,1-2H3. The van der Waals surface area contributed by atoms with E-state index in [2.05, 4.69) is 37.4 Å².